The molecule has 72 valence electrons. The Morgan fingerprint density at radius 3 is 3.08 bits per heavy atom. The topological polar surface area (TPSA) is 15.3 Å². The molecule has 1 aliphatic heterocycles. The van der Waals surface area contributed by atoms with Crippen molar-refractivity contribution in [2.75, 3.05) is 38.2 Å². The molecule has 0 bridgehead atoms. The smallest absolute Gasteiger partial charge is 0.0192 e. The van der Waals surface area contributed by atoms with Crippen molar-refractivity contribution < 1.29 is 0 Å². The number of thioether (sulfide) groups is 1. The Kier molecular flexibility index (Phi) is 5.04. The Hall–Kier alpha value is 0.270. The summed E-state index contributed by atoms with van der Waals surface area (Å²) in [5.41, 5.74) is 0. The normalized spacial score (nSPS) is 26.0. The van der Waals surface area contributed by atoms with Crippen molar-refractivity contribution in [2.45, 2.75) is 19.4 Å². The summed E-state index contributed by atoms with van der Waals surface area (Å²) in [6.45, 7) is 7.16. The van der Waals surface area contributed by atoms with Crippen LogP contribution >= 0.6 is 11.8 Å². The number of piperazine rings is 1. The number of hydrogen-bond acceptors (Lipinski definition) is 3. The van der Waals surface area contributed by atoms with Crippen molar-refractivity contribution in [1.82, 2.24) is 10.2 Å². The van der Waals surface area contributed by atoms with Crippen molar-refractivity contribution >= 4 is 11.8 Å². The Balaban J connectivity index is 2.11. The van der Waals surface area contributed by atoms with Crippen molar-refractivity contribution in [1.29, 1.82) is 0 Å². The van der Waals surface area contributed by atoms with Gasteiger partial charge in [-0.3, -0.25) is 4.90 Å². The third-order valence-electron chi connectivity index (χ3n) is 2.43. The van der Waals surface area contributed by atoms with Crippen LogP contribution in [0, 0.1) is 0 Å². The second-order valence-electron chi connectivity index (χ2n) is 3.44. The SMILES string of the molecule is CSCCCN1CCNC[C@H]1C. The molecular weight excluding hydrogens is 168 g/mol. The van der Waals surface area contributed by atoms with Gasteiger partial charge in [-0.25, -0.2) is 0 Å². The highest BCUT2D eigenvalue weighted by molar-refractivity contribution is 7.98. The van der Waals surface area contributed by atoms with Crippen molar-refractivity contribution in [3.63, 3.8) is 0 Å². The number of nitrogens with zero attached hydrogens (tertiary/aromatic N) is 1. The lowest BCUT2D eigenvalue weighted by molar-refractivity contribution is 0.175. The monoisotopic (exact) mass is 188 g/mol. The lowest BCUT2D eigenvalue weighted by Gasteiger charge is -2.33. The van der Waals surface area contributed by atoms with E-state index >= 15 is 0 Å². The van der Waals surface area contributed by atoms with Gasteiger partial charge in [0.1, 0.15) is 0 Å². The van der Waals surface area contributed by atoms with Crippen LogP contribution in [0.4, 0.5) is 0 Å². The van der Waals surface area contributed by atoms with Gasteiger partial charge in [-0.15, -0.1) is 0 Å². The third-order valence-corrected chi connectivity index (χ3v) is 3.13. The van der Waals surface area contributed by atoms with E-state index < -0.39 is 0 Å². The van der Waals surface area contributed by atoms with E-state index in [1.807, 2.05) is 11.8 Å². The minimum atomic E-state index is 0.737. The molecule has 1 aliphatic rings. The highest BCUT2D eigenvalue weighted by atomic mass is 32.2. The van der Waals surface area contributed by atoms with Crippen LogP contribution in [0.25, 0.3) is 0 Å². The van der Waals surface area contributed by atoms with Crippen molar-refractivity contribution in [2.24, 2.45) is 0 Å². The van der Waals surface area contributed by atoms with E-state index in [-0.39, 0.29) is 0 Å². The molecule has 12 heavy (non-hydrogen) atoms. The summed E-state index contributed by atoms with van der Waals surface area (Å²) in [4.78, 5) is 2.59. The van der Waals surface area contributed by atoms with Crippen LogP contribution in [0.3, 0.4) is 0 Å². The molecule has 0 aliphatic carbocycles. The van der Waals surface area contributed by atoms with E-state index in [0.717, 1.165) is 6.04 Å². The maximum absolute atomic E-state index is 3.41. The summed E-state index contributed by atoms with van der Waals surface area (Å²) in [7, 11) is 0. The molecule has 0 unspecified atom stereocenters. The predicted molar refractivity (Wildman–Crippen MR) is 56.9 cm³/mol. The first-order valence-corrected chi connectivity index (χ1v) is 6.17. The van der Waals surface area contributed by atoms with Crippen molar-refractivity contribution in [3.8, 4) is 0 Å². The molecule has 0 radical (unpaired) electrons. The molecule has 3 heteroatoms. The van der Waals surface area contributed by atoms with Gasteiger partial charge in [0.15, 0.2) is 0 Å². The average Bonchev–Trinajstić information content (AvgIpc) is 2.09. The minimum Gasteiger partial charge on any atom is -0.314 e. The first-order valence-electron chi connectivity index (χ1n) is 4.78. The van der Waals surface area contributed by atoms with Crippen LogP contribution in [-0.4, -0.2) is 49.1 Å². The third kappa shape index (κ3) is 3.33. The molecule has 0 aromatic rings. The average molecular weight is 188 g/mol. The van der Waals surface area contributed by atoms with E-state index in [1.165, 1.54) is 38.4 Å². The summed E-state index contributed by atoms with van der Waals surface area (Å²) < 4.78 is 0. The van der Waals surface area contributed by atoms with Gasteiger partial charge < -0.3 is 5.32 Å². The van der Waals surface area contributed by atoms with E-state index in [4.69, 9.17) is 0 Å². The molecular formula is C9H20N2S. The molecule has 0 spiro atoms. The molecule has 1 N–H and O–H groups in total. The van der Waals surface area contributed by atoms with E-state index in [9.17, 15) is 0 Å². The van der Waals surface area contributed by atoms with E-state index in [0.29, 0.717) is 0 Å². The summed E-state index contributed by atoms with van der Waals surface area (Å²) in [6.07, 6.45) is 3.52. The fourth-order valence-corrected chi connectivity index (χ4v) is 2.05. The fourth-order valence-electron chi connectivity index (χ4n) is 1.63. The summed E-state index contributed by atoms with van der Waals surface area (Å²) in [5, 5.41) is 3.41. The molecule has 0 aromatic carbocycles. The minimum absolute atomic E-state index is 0.737. The van der Waals surface area contributed by atoms with Crippen LogP contribution in [0.5, 0.6) is 0 Å². The van der Waals surface area contributed by atoms with Gasteiger partial charge in [0.2, 0.25) is 0 Å². The molecule has 1 saturated heterocycles. The number of rotatable bonds is 4. The largest absolute Gasteiger partial charge is 0.314 e. The Bertz CT molecular complexity index is 119. The van der Waals surface area contributed by atoms with Crippen LogP contribution in [0.15, 0.2) is 0 Å². The molecule has 2 nitrogen and oxygen atoms in total. The summed E-state index contributed by atoms with van der Waals surface area (Å²) in [6, 6.07) is 0.737. The Labute approximate surface area is 80.1 Å². The Morgan fingerprint density at radius 1 is 1.58 bits per heavy atom. The van der Waals surface area contributed by atoms with Crippen LogP contribution in [-0.2, 0) is 0 Å². The first kappa shape index (κ1) is 10.4. The van der Waals surface area contributed by atoms with Crippen LogP contribution in [0.2, 0.25) is 0 Å². The Morgan fingerprint density at radius 2 is 2.42 bits per heavy atom. The zero-order chi connectivity index (χ0) is 8.81. The van der Waals surface area contributed by atoms with E-state index in [1.54, 1.807) is 0 Å². The summed E-state index contributed by atoms with van der Waals surface area (Å²) in [5.74, 6) is 1.30. The molecule has 0 amide bonds. The molecule has 0 aromatic heterocycles. The van der Waals surface area contributed by atoms with Crippen molar-refractivity contribution in [3.05, 3.63) is 0 Å². The molecule has 0 saturated carbocycles. The zero-order valence-corrected chi connectivity index (χ0v) is 8.99. The lowest BCUT2D eigenvalue weighted by Crippen LogP contribution is -2.49. The van der Waals surface area contributed by atoms with Gasteiger partial charge >= 0.3 is 0 Å². The van der Waals surface area contributed by atoms with Gasteiger partial charge in [-0.1, -0.05) is 0 Å². The van der Waals surface area contributed by atoms with E-state index in [2.05, 4.69) is 23.4 Å². The summed E-state index contributed by atoms with van der Waals surface area (Å²) >= 11 is 1.95. The standard InChI is InChI=1S/C9H20N2S/c1-9-8-10-4-6-11(9)5-3-7-12-2/h9-10H,3-8H2,1-2H3/t9-/m1/s1. The fraction of sp³-hybridized carbons (Fsp3) is 1.00. The second kappa shape index (κ2) is 5.84. The van der Waals surface area contributed by atoms with Gasteiger partial charge in [-0.2, -0.15) is 11.8 Å². The highest BCUT2D eigenvalue weighted by Crippen LogP contribution is 2.04. The zero-order valence-electron chi connectivity index (χ0n) is 8.18. The number of nitrogens with one attached hydrogen (secondary N) is 1. The van der Waals surface area contributed by atoms with Gasteiger partial charge in [0, 0.05) is 25.7 Å². The highest BCUT2D eigenvalue weighted by Gasteiger charge is 2.16. The molecule has 1 fully saturated rings. The number of hydrogen-bond donors (Lipinski definition) is 1. The van der Waals surface area contributed by atoms with Gasteiger partial charge in [0.05, 0.1) is 0 Å². The quantitative estimate of drug-likeness (QED) is 0.664. The molecule has 1 rings (SSSR count). The predicted octanol–water partition coefficient (Wildman–Crippen LogP) is 1.03. The lowest BCUT2D eigenvalue weighted by atomic mass is 10.2. The second-order valence-corrected chi connectivity index (χ2v) is 4.42. The maximum atomic E-state index is 3.41. The molecule has 1 atom stereocenters. The first-order chi connectivity index (χ1) is 5.84. The van der Waals surface area contributed by atoms with Crippen LogP contribution < -0.4 is 5.32 Å². The maximum Gasteiger partial charge on any atom is 0.0192 e. The van der Waals surface area contributed by atoms with Gasteiger partial charge in [-0.05, 0) is 31.9 Å². The van der Waals surface area contributed by atoms with Gasteiger partial charge in [0.25, 0.3) is 0 Å². The van der Waals surface area contributed by atoms with Crippen LogP contribution in [0.1, 0.15) is 13.3 Å². The molecule has 1 heterocycles.